The molecular formula is C8H17N5. The molecule has 2 unspecified atom stereocenters. The summed E-state index contributed by atoms with van der Waals surface area (Å²) in [5, 5.41) is 11.4. The first-order valence-corrected chi connectivity index (χ1v) is 4.67. The standard InChI is InChI=1S/C8H17N5/c1-4-6(2)7(3)13-8(5-9)10-11-12-13/h6-7H,4-5,9H2,1-3H3. The molecule has 2 N–H and O–H groups in total. The van der Waals surface area contributed by atoms with Crippen molar-refractivity contribution in [2.75, 3.05) is 0 Å². The van der Waals surface area contributed by atoms with Gasteiger partial charge in [0.25, 0.3) is 0 Å². The zero-order valence-electron chi connectivity index (χ0n) is 8.44. The van der Waals surface area contributed by atoms with E-state index in [9.17, 15) is 0 Å². The average Bonchev–Trinajstić information content (AvgIpc) is 2.62. The maximum atomic E-state index is 5.51. The second-order valence-electron chi connectivity index (χ2n) is 3.37. The van der Waals surface area contributed by atoms with Gasteiger partial charge in [0.05, 0.1) is 12.6 Å². The lowest BCUT2D eigenvalue weighted by molar-refractivity contribution is 0.329. The molecule has 5 nitrogen and oxygen atoms in total. The molecule has 1 aromatic rings. The molecule has 1 rings (SSSR count). The highest BCUT2D eigenvalue weighted by Crippen LogP contribution is 2.19. The van der Waals surface area contributed by atoms with Crippen molar-refractivity contribution >= 4 is 0 Å². The Bertz CT molecular complexity index is 257. The first kappa shape index (κ1) is 10.1. The molecule has 0 aliphatic heterocycles. The fourth-order valence-electron chi connectivity index (χ4n) is 1.25. The summed E-state index contributed by atoms with van der Waals surface area (Å²) in [6.45, 7) is 6.86. The van der Waals surface area contributed by atoms with E-state index in [1.807, 2.05) is 4.68 Å². The van der Waals surface area contributed by atoms with Gasteiger partial charge < -0.3 is 5.73 Å². The van der Waals surface area contributed by atoms with Crippen molar-refractivity contribution in [3.63, 3.8) is 0 Å². The molecule has 0 saturated heterocycles. The largest absolute Gasteiger partial charge is 0.324 e. The molecule has 1 heterocycles. The van der Waals surface area contributed by atoms with Gasteiger partial charge >= 0.3 is 0 Å². The Morgan fingerprint density at radius 2 is 2.15 bits per heavy atom. The zero-order chi connectivity index (χ0) is 9.84. The highest BCUT2D eigenvalue weighted by Gasteiger charge is 2.16. The number of aromatic nitrogens is 4. The van der Waals surface area contributed by atoms with Crippen molar-refractivity contribution in [1.82, 2.24) is 20.2 Å². The number of hydrogen-bond acceptors (Lipinski definition) is 4. The van der Waals surface area contributed by atoms with Crippen LogP contribution in [0.25, 0.3) is 0 Å². The normalized spacial score (nSPS) is 15.7. The van der Waals surface area contributed by atoms with Crippen molar-refractivity contribution in [2.45, 2.75) is 39.8 Å². The average molecular weight is 183 g/mol. The maximum absolute atomic E-state index is 5.51. The van der Waals surface area contributed by atoms with Crippen LogP contribution in [-0.4, -0.2) is 20.2 Å². The van der Waals surface area contributed by atoms with E-state index in [1.165, 1.54) is 0 Å². The topological polar surface area (TPSA) is 69.6 Å². The molecule has 5 heteroatoms. The molecule has 0 aliphatic rings. The number of nitrogens with two attached hydrogens (primary N) is 1. The van der Waals surface area contributed by atoms with Crippen molar-refractivity contribution in [3.8, 4) is 0 Å². The molecule has 0 spiro atoms. The summed E-state index contributed by atoms with van der Waals surface area (Å²) < 4.78 is 1.81. The third kappa shape index (κ3) is 2.03. The summed E-state index contributed by atoms with van der Waals surface area (Å²) in [5.74, 6) is 1.32. The van der Waals surface area contributed by atoms with Crippen LogP contribution in [0.1, 0.15) is 39.1 Å². The van der Waals surface area contributed by atoms with Crippen molar-refractivity contribution < 1.29 is 0 Å². The number of tetrazole rings is 1. The predicted octanol–water partition coefficient (Wildman–Crippen LogP) is 0.739. The van der Waals surface area contributed by atoms with Crippen molar-refractivity contribution in [3.05, 3.63) is 5.82 Å². The summed E-state index contributed by atoms with van der Waals surface area (Å²) in [4.78, 5) is 0. The van der Waals surface area contributed by atoms with Crippen LogP contribution in [0, 0.1) is 5.92 Å². The Labute approximate surface area is 78.3 Å². The number of rotatable bonds is 4. The Morgan fingerprint density at radius 3 is 2.69 bits per heavy atom. The third-order valence-corrected chi connectivity index (χ3v) is 2.60. The molecule has 0 radical (unpaired) electrons. The van der Waals surface area contributed by atoms with Crippen LogP contribution >= 0.6 is 0 Å². The number of nitrogens with zero attached hydrogens (tertiary/aromatic N) is 4. The summed E-state index contributed by atoms with van der Waals surface area (Å²) in [5.41, 5.74) is 5.51. The second kappa shape index (κ2) is 4.32. The molecule has 0 bridgehead atoms. The summed E-state index contributed by atoms with van der Waals surface area (Å²) in [7, 11) is 0. The Kier molecular flexibility index (Phi) is 3.36. The molecule has 0 saturated carbocycles. The van der Waals surface area contributed by atoms with Crippen LogP contribution in [0.5, 0.6) is 0 Å². The van der Waals surface area contributed by atoms with Crippen LogP contribution in [-0.2, 0) is 6.54 Å². The van der Waals surface area contributed by atoms with E-state index in [0.717, 1.165) is 12.2 Å². The fraction of sp³-hybridized carbons (Fsp3) is 0.875. The van der Waals surface area contributed by atoms with E-state index in [-0.39, 0.29) is 0 Å². The van der Waals surface area contributed by atoms with Crippen LogP contribution in [0.2, 0.25) is 0 Å². The van der Waals surface area contributed by atoms with Crippen molar-refractivity contribution in [2.24, 2.45) is 11.7 Å². The fourth-order valence-corrected chi connectivity index (χ4v) is 1.25. The molecular weight excluding hydrogens is 166 g/mol. The summed E-state index contributed by atoms with van der Waals surface area (Å²) in [6, 6.07) is 0.318. The monoisotopic (exact) mass is 183 g/mol. The van der Waals surface area contributed by atoms with E-state index in [2.05, 4.69) is 36.3 Å². The van der Waals surface area contributed by atoms with Crippen LogP contribution in [0.3, 0.4) is 0 Å². The Hall–Kier alpha value is -0.970. The molecule has 74 valence electrons. The smallest absolute Gasteiger partial charge is 0.165 e. The first-order chi connectivity index (χ1) is 6.20. The van der Waals surface area contributed by atoms with Crippen LogP contribution < -0.4 is 5.73 Å². The van der Waals surface area contributed by atoms with Gasteiger partial charge in [-0.3, -0.25) is 0 Å². The minimum atomic E-state index is 0.318. The minimum Gasteiger partial charge on any atom is -0.324 e. The molecule has 0 aromatic carbocycles. The molecule has 0 aliphatic carbocycles. The van der Waals surface area contributed by atoms with Gasteiger partial charge in [-0.05, 0) is 23.3 Å². The Morgan fingerprint density at radius 1 is 1.46 bits per heavy atom. The van der Waals surface area contributed by atoms with Gasteiger partial charge in [0.1, 0.15) is 0 Å². The van der Waals surface area contributed by atoms with E-state index in [4.69, 9.17) is 5.73 Å². The van der Waals surface area contributed by atoms with Gasteiger partial charge in [0.2, 0.25) is 0 Å². The van der Waals surface area contributed by atoms with Crippen LogP contribution in [0.4, 0.5) is 0 Å². The zero-order valence-corrected chi connectivity index (χ0v) is 8.44. The van der Waals surface area contributed by atoms with Gasteiger partial charge in [-0.25, -0.2) is 4.68 Å². The van der Waals surface area contributed by atoms with Gasteiger partial charge in [-0.2, -0.15) is 0 Å². The van der Waals surface area contributed by atoms with Crippen molar-refractivity contribution in [1.29, 1.82) is 0 Å². The highest BCUT2D eigenvalue weighted by atomic mass is 15.5. The van der Waals surface area contributed by atoms with E-state index in [1.54, 1.807) is 0 Å². The molecule has 1 aromatic heterocycles. The third-order valence-electron chi connectivity index (χ3n) is 2.60. The van der Waals surface area contributed by atoms with E-state index in [0.29, 0.717) is 18.5 Å². The summed E-state index contributed by atoms with van der Waals surface area (Å²) in [6.07, 6.45) is 1.12. The first-order valence-electron chi connectivity index (χ1n) is 4.67. The quantitative estimate of drug-likeness (QED) is 0.747. The van der Waals surface area contributed by atoms with Gasteiger partial charge in [0.15, 0.2) is 5.82 Å². The molecule has 13 heavy (non-hydrogen) atoms. The number of hydrogen-bond donors (Lipinski definition) is 1. The molecule has 0 amide bonds. The van der Waals surface area contributed by atoms with E-state index >= 15 is 0 Å². The molecule has 2 atom stereocenters. The SMILES string of the molecule is CCC(C)C(C)n1nnnc1CN. The predicted molar refractivity (Wildman–Crippen MR) is 49.9 cm³/mol. The van der Waals surface area contributed by atoms with Gasteiger partial charge in [0, 0.05) is 0 Å². The van der Waals surface area contributed by atoms with Crippen LogP contribution in [0.15, 0.2) is 0 Å². The Balaban J connectivity index is 2.81. The lowest BCUT2D eigenvalue weighted by Crippen LogP contribution is -2.19. The lowest BCUT2D eigenvalue weighted by atomic mass is 10.0. The molecule has 0 fully saturated rings. The van der Waals surface area contributed by atoms with Gasteiger partial charge in [-0.1, -0.05) is 20.3 Å². The highest BCUT2D eigenvalue weighted by molar-refractivity contribution is 4.82. The van der Waals surface area contributed by atoms with E-state index < -0.39 is 0 Å². The maximum Gasteiger partial charge on any atom is 0.165 e. The minimum absolute atomic E-state index is 0.318. The second-order valence-corrected chi connectivity index (χ2v) is 3.37. The summed E-state index contributed by atoms with van der Waals surface area (Å²) >= 11 is 0. The lowest BCUT2D eigenvalue weighted by Gasteiger charge is -2.18. The van der Waals surface area contributed by atoms with Gasteiger partial charge in [-0.15, -0.1) is 5.10 Å².